The van der Waals surface area contributed by atoms with Crippen LogP contribution in [-0.4, -0.2) is 27.7 Å². The first-order valence-corrected chi connectivity index (χ1v) is 10.8. The number of aromatic nitrogens is 1. The molecule has 0 radical (unpaired) electrons. The van der Waals surface area contributed by atoms with E-state index in [0.717, 1.165) is 22.0 Å². The van der Waals surface area contributed by atoms with E-state index >= 15 is 0 Å². The number of aryl methyl sites for hydroxylation is 1. The summed E-state index contributed by atoms with van der Waals surface area (Å²) in [5.41, 5.74) is 10.8. The van der Waals surface area contributed by atoms with E-state index < -0.39 is 0 Å². The second kappa shape index (κ2) is 8.77. The van der Waals surface area contributed by atoms with Crippen molar-refractivity contribution in [3.63, 3.8) is 0 Å². The van der Waals surface area contributed by atoms with Crippen LogP contribution in [0.1, 0.15) is 27.4 Å². The lowest BCUT2D eigenvalue weighted by atomic mass is 9.93. The van der Waals surface area contributed by atoms with E-state index in [0.29, 0.717) is 19.5 Å². The molecule has 1 aliphatic rings. The normalized spacial score (nSPS) is 16.1. The number of rotatable bonds is 6. The molecule has 0 aliphatic carbocycles. The molecule has 154 valence electrons. The molecule has 0 saturated carbocycles. The number of benzene rings is 2. The minimum Gasteiger partial charge on any atom is -0.368 e. The zero-order chi connectivity index (χ0) is 21.1. The fraction of sp³-hybridized carbons (Fsp3) is 0.261. The molecule has 3 aromatic rings. The van der Waals surface area contributed by atoms with Crippen LogP contribution in [-0.2, 0) is 35.5 Å². The number of amides is 2. The molecule has 0 saturated heterocycles. The van der Waals surface area contributed by atoms with Crippen molar-refractivity contribution in [2.75, 3.05) is 5.32 Å². The Hall–Kier alpha value is -3.03. The quantitative estimate of drug-likeness (QED) is 0.642. The zero-order valence-corrected chi connectivity index (χ0v) is 17.6. The molecule has 0 unspecified atom stereocenters. The first-order valence-electron chi connectivity index (χ1n) is 9.88. The number of hydrogen-bond donors (Lipinski definition) is 2. The van der Waals surface area contributed by atoms with Gasteiger partial charge in [0.1, 0.15) is 5.01 Å². The van der Waals surface area contributed by atoms with Crippen LogP contribution in [0.2, 0.25) is 0 Å². The molecule has 2 amide bonds. The first kappa shape index (κ1) is 20.3. The lowest BCUT2D eigenvalue weighted by Gasteiger charge is -2.34. The van der Waals surface area contributed by atoms with Gasteiger partial charge in [-0.2, -0.15) is 0 Å². The Morgan fingerprint density at radius 1 is 1.17 bits per heavy atom. The molecular formula is C23H24N4O2S. The van der Waals surface area contributed by atoms with Gasteiger partial charge in [-0.25, -0.2) is 4.98 Å². The Bertz CT molecular complexity index is 1060. The molecule has 6 nitrogen and oxygen atoms in total. The lowest BCUT2D eigenvalue weighted by molar-refractivity contribution is -0.124. The largest absolute Gasteiger partial charge is 0.368 e. The maximum Gasteiger partial charge on any atom is 0.235 e. The fourth-order valence-corrected chi connectivity index (χ4v) is 4.50. The van der Waals surface area contributed by atoms with E-state index in [1.807, 2.05) is 48.7 Å². The van der Waals surface area contributed by atoms with Gasteiger partial charge in [-0.3, -0.25) is 14.5 Å². The highest BCUT2D eigenvalue weighted by atomic mass is 32.1. The van der Waals surface area contributed by atoms with Gasteiger partial charge >= 0.3 is 0 Å². The standard InChI is InChI=1S/C23H24N4O2S/c1-15-6-8-18(9-7-15)25-21(28)11-22-26-19(14-30-22)13-27-12-17-5-3-2-4-16(17)10-20(27)23(24)29/h2-9,14,20H,10-13H2,1H3,(H2,24,29)(H,25,28)/t20-/m1/s1. The molecule has 0 spiro atoms. The van der Waals surface area contributed by atoms with E-state index in [1.165, 1.54) is 22.5 Å². The number of fused-ring (bicyclic) bond motifs is 1. The number of primary amides is 1. The Morgan fingerprint density at radius 2 is 1.90 bits per heavy atom. The van der Waals surface area contributed by atoms with E-state index in [1.54, 1.807) is 0 Å². The molecule has 3 N–H and O–H groups in total. The SMILES string of the molecule is Cc1ccc(NC(=O)Cc2nc(CN3Cc4ccccc4C[C@@H]3C(N)=O)cs2)cc1. The third-order valence-corrected chi connectivity index (χ3v) is 6.18. The predicted octanol–water partition coefficient (Wildman–Crippen LogP) is 3.04. The molecule has 7 heteroatoms. The van der Waals surface area contributed by atoms with E-state index in [-0.39, 0.29) is 24.3 Å². The van der Waals surface area contributed by atoms with Gasteiger partial charge in [0.2, 0.25) is 11.8 Å². The monoisotopic (exact) mass is 420 g/mol. The lowest BCUT2D eigenvalue weighted by Crippen LogP contribution is -2.48. The van der Waals surface area contributed by atoms with Crippen LogP contribution < -0.4 is 11.1 Å². The highest BCUT2D eigenvalue weighted by molar-refractivity contribution is 7.09. The fourth-order valence-electron chi connectivity index (χ4n) is 3.71. The zero-order valence-electron chi connectivity index (χ0n) is 16.8. The van der Waals surface area contributed by atoms with Crippen LogP contribution in [0.5, 0.6) is 0 Å². The summed E-state index contributed by atoms with van der Waals surface area (Å²) in [7, 11) is 0. The summed E-state index contributed by atoms with van der Waals surface area (Å²) in [6.07, 6.45) is 0.835. The smallest absolute Gasteiger partial charge is 0.235 e. The Balaban J connectivity index is 1.40. The molecule has 1 atom stereocenters. The van der Waals surface area contributed by atoms with E-state index in [4.69, 9.17) is 5.73 Å². The maximum absolute atomic E-state index is 12.3. The average Bonchev–Trinajstić information content (AvgIpc) is 3.15. The van der Waals surface area contributed by atoms with Crippen molar-refractivity contribution >= 4 is 28.8 Å². The van der Waals surface area contributed by atoms with E-state index in [2.05, 4.69) is 27.3 Å². The van der Waals surface area contributed by atoms with E-state index in [9.17, 15) is 9.59 Å². The topological polar surface area (TPSA) is 88.3 Å². The Kier molecular flexibility index (Phi) is 5.92. The van der Waals surface area contributed by atoms with Crippen molar-refractivity contribution in [3.8, 4) is 0 Å². The van der Waals surface area contributed by atoms with Gasteiger partial charge in [-0.1, -0.05) is 42.0 Å². The number of carbonyl (C=O) groups excluding carboxylic acids is 2. The van der Waals surface area contributed by atoms with Gasteiger partial charge < -0.3 is 11.1 Å². The number of nitrogens with one attached hydrogen (secondary N) is 1. The minimum absolute atomic E-state index is 0.0957. The van der Waals surface area contributed by atoms with Crippen molar-refractivity contribution in [1.29, 1.82) is 0 Å². The van der Waals surface area contributed by atoms with Crippen LogP contribution in [0.15, 0.2) is 53.9 Å². The molecule has 0 bridgehead atoms. The minimum atomic E-state index is -0.352. The number of anilines is 1. The second-order valence-electron chi connectivity index (χ2n) is 7.62. The molecule has 1 aromatic heterocycles. The summed E-state index contributed by atoms with van der Waals surface area (Å²) in [5.74, 6) is -0.418. The Morgan fingerprint density at radius 3 is 2.63 bits per heavy atom. The van der Waals surface area contributed by atoms with Crippen LogP contribution in [0.4, 0.5) is 5.69 Å². The van der Waals surface area contributed by atoms with Gasteiger partial charge in [-0.05, 0) is 36.6 Å². The highest BCUT2D eigenvalue weighted by Gasteiger charge is 2.30. The molecule has 4 rings (SSSR count). The maximum atomic E-state index is 12.3. The first-order chi connectivity index (χ1) is 14.5. The summed E-state index contributed by atoms with van der Waals surface area (Å²) >= 11 is 1.46. The molecular weight excluding hydrogens is 396 g/mol. The van der Waals surface area contributed by atoms with Gasteiger partial charge in [0, 0.05) is 24.2 Å². The summed E-state index contributed by atoms with van der Waals surface area (Å²) in [6.45, 7) is 3.19. The van der Waals surface area contributed by atoms with Crippen LogP contribution >= 0.6 is 11.3 Å². The molecule has 2 heterocycles. The number of nitrogens with two attached hydrogens (primary N) is 1. The number of carbonyl (C=O) groups is 2. The second-order valence-corrected chi connectivity index (χ2v) is 8.56. The third-order valence-electron chi connectivity index (χ3n) is 5.29. The van der Waals surface area contributed by atoms with Gasteiger partial charge in [-0.15, -0.1) is 11.3 Å². The van der Waals surface area contributed by atoms with Crippen LogP contribution in [0, 0.1) is 6.92 Å². The number of hydrogen-bond acceptors (Lipinski definition) is 5. The van der Waals surface area contributed by atoms with Gasteiger partial charge in [0.05, 0.1) is 18.2 Å². The summed E-state index contributed by atoms with van der Waals surface area (Å²) in [4.78, 5) is 31.0. The molecule has 0 fully saturated rings. The predicted molar refractivity (Wildman–Crippen MR) is 118 cm³/mol. The van der Waals surface area contributed by atoms with Crippen molar-refractivity contribution < 1.29 is 9.59 Å². The van der Waals surface area contributed by atoms with Gasteiger partial charge in [0.25, 0.3) is 0 Å². The van der Waals surface area contributed by atoms with Gasteiger partial charge in [0.15, 0.2) is 0 Å². The summed E-state index contributed by atoms with van der Waals surface area (Å²) in [5, 5.41) is 5.60. The van der Waals surface area contributed by atoms with Crippen LogP contribution in [0.25, 0.3) is 0 Å². The number of nitrogens with zero attached hydrogens (tertiary/aromatic N) is 2. The van der Waals surface area contributed by atoms with Crippen molar-refractivity contribution in [3.05, 3.63) is 81.3 Å². The molecule has 1 aliphatic heterocycles. The molecule has 2 aromatic carbocycles. The summed E-state index contributed by atoms with van der Waals surface area (Å²) in [6, 6.07) is 15.5. The van der Waals surface area contributed by atoms with Crippen molar-refractivity contribution in [1.82, 2.24) is 9.88 Å². The average molecular weight is 421 g/mol. The van der Waals surface area contributed by atoms with Crippen LogP contribution in [0.3, 0.4) is 0 Å². The Labute approximate surface area is 179 Å². The highest BCUT2D eigenvalue weighted by Crippen LogP contribution is 2.25. The number of thiazole rings is 1. The van der Waals surface area contributed by atoms with Crippen molar-refractivity contribution in [2.45, 2.75) is 38.9 Å². The molecule has 30 heavy (non-hydrogen) atoms. The third kappa shape index (κ3) is 4.75. The van der Waals surface area contributed by atoms with Crippen molar-refractivity contribution in [2.24, 2.45) is 5.73 Å². The summed E-state index contributed by atoms with van der Waals surface area (Å²) < 4.78 is 0.